The van der Waals surface area contributed by atoms with E-state index in [1.165, 1.54) is 0 Å². The van der Waals surface area contributed by atoms with Crippen LogP contribution in [0.3, 0.4) is 0 Å². The summed E-state index contributed by atoms with van der Waals surface area (Å²) in [6.45, 7) is 0.174. The minimum atomic E-state index is -1.55. The van der Waals surface area contributed by atoms with Gasteiger partial charge in [-0.3, -0.25) is 9.59 Å². The summed E-state index contributed by atoms with van der Waals surface area (Å²) in [5, 5.41) is 8.32. The largest absolute Gasteiger partial charge is 0.490 e. The maximum Gasteiger partial charge on any atom is 0.372 e. The predicted molar refractivity (Wildman–Crippen MR) is 69.2 cm³/mol. The molecule has 0 aliphatic carbocycles. The Labute approximate surface area is 115 Å². The first-order valence-corrected chi connectivity index (χ1v) is 5.89. The summed E-state index contributed by atoms with van der Waals surface area (Å²) in [7, 11) is 0. The van der Waals surface area contributed by atoms with E-state index in [1.807, 2.05) is 0 Å². The van der Waals surface area contributed by atoms with Gasteiger partial charge >= 0.3 is 11.9 Å². The van der Waals surface area contributed by atoms with Crippen LogP contribution in [0.1, 0.15) is 12.8 Å². The minimum Gasteiger partial charge on any atom is -0.490 e. The summed E-state index contributed by atoms with van der Waals surface area (Å²) in [6.07, 6.45) is -0.625. The average molecular weight is 281 g/mol. The number of carboxylic acids is 1. The summed E-state index contributed by atoms with van der Waals surface area (Å²) in [4.78, 5) is 32.2. The molecule has 1 aromatic carbocycles. The third-order valence-electron chi connectivity index (χ3n) is 2.29. The Balaban J connectivity index is 2.14. The van der Waals surface area contributed by atoms with Crippen molar-refractivity contribution in [2.24, 2.45) is 0 Å². The molecule has 7 nitrogen and oxygen atoms in total. The summed E-state index contributed by atoms with van der Waals surface area (Å²) in [5.41, 5.74) is 6.12. The van der Waals surface area contributed by atoms with Crippen molar-refractivity contribution in [3.8, 4) is 5.75 Å². The number of anilines is 1. The number of benzene rings is 1. The lowest BCUT2D eigenvalue weighted by atomic mass is 10.2. The van der Waals surface area contributed by atoms with Gasteiger partial charge in [0.15, 0.2) is 0 Å². The molecule has 7 heteroatoms. The van der Waals surface area contributed by atoms with E-state index >= 15 is 0 Å². The van der Waals surface area contributed by atoms with Crippen LogP contribution in [-0.2, 0) is 19.1 Å². The highest BCUT2D eigenvalue weighted by Gasteiger charge is 2.14. The summed E-state index contributed by atoms with van der Waals surface area (Å²) < 4.78 is 10.1. The molecule has 0 aliphatic heterocycles. The molecule has 0 unspecified atom stereocenters. The first-order chi connectivity index (χ1) is 9.49. The number of ketones is 1. The monoisotopic (exact) mass is 281 g/mol. The van der Waals surface area contributed by atoms with Crippen molar-refractivity contribution >= 4 is 23.4 Å². The second-order valence-electron chi connectivity index (χ2n) is 3.87. The van der Waals surface area contributed by atoms with Gasteiger partial charge in [-0.1, -0.05) is 0 Å². The SMILES string of the molecule is Nc1ccc(OCCOC(=O)CCC(=O)C(=O)O)cc1. The number of rotatable bonds is 8. The van der Waals surface area contributed by atoms with Crippen LogP contribution in [0.4, 0.5) is 5.69 Å². The van der Waals surface area contributed by atoms with Gasteiger partial charge in [0.25, 0.3) is 0 Å². The Morgan fingerprint density at radius 1 is 1.05 bits per heavy atom. The molecule has 0 spiro atoms. The maximum atomic E-state index is 11.2. The van der Waals surface area contributed by atoms with Crippen molar-refractivity contribution in [3.05, 3.63) is 24.3 Å². The van der Waals surface area contributed by atoms with Crippen LogP contribution < -0.4 is 10.5 Å². The van der Waals surface area contributed by atoms with Crippen LogP contribution in [0.5, 0.6) is 5.75 Å². The van der Waals surface area contributed by atoms with Gasteiger partial charge in [0.1, 0.15) is 19.0 Å². The zero-order chi connectivity index (χ0) is 15.0. The number of carbonyl (C=O) groups is 3. The van der Waals surface area contributed by atoms with Crippen LogP contribution in [0.15, 0.2) is 24.3 Å². The highest BCUT2D eigenvalue weighted by atomic mass is 16.6. The van der Waals surface area contributed by atoms with Crippen LogP contribution in [-0.4, -0.2) is 36.0 Å². The number of nitrogens with two attached hydrogens (primary N) is 1. The van der Waals surface area contributed by atoms with Gasteiger partial charge in [0.05, 0.1) is 6.42 Å². The number of ether oxygens (including phenoxy) is 2. The fourth-order valence-corrected chi connectivity index (χ4v) is 1.27. The van der Waals surface area contributed by atoms with Crippen LogP contribution >= 0.6 is 0 Å². The molecule has 20 heavy (non-hydrogen) atoms. The van der Waals surface area contributed by atoms with Gasteiger partial charge in [0, 0.05) is 12.1 Å². The molecule has 0 bridgehead atoms. The number of aliphatic carboxylic acids is 1. The van der Waals surface area contributed by atoms with E-state index in [0.29, 0.717) is 11.4 Å². The highest BCUT2D eigenvalue weighted by Crippen LogP contribution is 2.12. The van der Waals surface area contributed by atoms with Gasteiger partial charge in [-0.2, -0.15) is 0 Å². The van der Waals surface area contributed by atoms with Crippen molar-refractivity contribution in [1.82, 2.24) is 0 Å². The fraction of sp³-hybridized carbons (Fsp3) is 0.308. The molecular formula is C13H15NO6. The quantitative estimate of drug-likeness (QED) is 0.310. The average Bonchev–Trinajstić information content (AvgIpc) is 2.42. The third kappa shape index (κ3) is 5.85. The number of Topliss-reactive ketones (excluding diaryl/α,β-unsaturated/α-hetero) is 1. The molecule has 1 rings (SSSR count). The molecule has 3 N–H and O–H groups in total. The Morgan fingerprint density at radius 2 is 1.70 bits per heavy atom. The molecule has 0 amide bonds. The van der Waals surface area contributed by atoms with Crippen LogP contribution in [0.2, 0.25) is 0 Å². The van der Waals surface area contributed by atoms with Crippen molar-refractivity contribution in [3.63, 3.8) is 0 Å². The first-order valence-electron chi connectivity index (χ1n) is 5.89. The molecule has 0 saturated heterocycles. The molecule has 0 fully saturated rings. The number of nitrogen functional groups attached to an aromatic ring is 1. The predicted octanol–water partition coefficient (Wildman–Crippen LogP) is 0.625. The number of carboxylic acid groups (broad SMARTS) is 1. The van der Waals surface area contributed by atoms with Crippen LogP contribution in [0.25, 0.3) is 0 Å². The van der Waals surface area contributed by atoms with Gasteiger partial charge in [-0.15, -0.1) is 0 Å². The third-order valence-corrected chi connectivity index (χ3v) is 2.29. The molecule has 0 aromatic heterocycles. The van der Waals surface area contributed by atoms with E-state index in [2.05, 4.69) is 0 Å². The Hall–Kier alpha value is -2.57. The Bertz CT molecular complexity index is 482. The number of carbonyl (C=O) groups excluding carboxylic acids is 2. The molecule has 0 atom stereocenters. The fourth-order valence-electron chi connectivity index (χ4n) is 1.27. The normalized spacial score (nSPS) is 9.80. The Morgan fingerprint density at radius 3 is 2.30 bits per heavy atom. The molecule has 108 valence electrons. The molecule has 0 aliphatic rings. The lowest BCUT2D eigenvalue weighted by Crippen LogP contribution is -2.16. The standard InChI is InChI=1S/C13H15NO6/c14-9-1-3-10(4-2-9)19-7-8-20-12(16)6-5-11(15)13(17)18/h1-4H,5-8,14H2,(H,17,18). The van der Waals surface area contributed by atoms with Gasteiger partial charge in [-0.05, 0) is 24.3 Å². The number of hydrogen-bond acceptors (Lipinski definition) is 6. The van der Waals surface area contributed by atoms with E-state index in [1.54, 1.807) is 24.3 Å². The number of hydrogen-bond donors (Lipinski definition) is 2. The smallest absolute Gasteiger partial charge is 0.372 e. The van der Waals surface area contributed by atoms with Gasteiger partial charge in [0.2, 0.25) is 5.78 Å². The zero-order valence-electron chi connectivity index (χ0n) is 10.7. The molecular weight excluding hydrogens is 266 g/mol. The molecule has 0 saturated carbocycles. The van der Waals surface area contributed by atoms with E-state index in [4.69, 9.17) is 20.3 Å². The summed E-state index contributed by atoms with van der Waals surface area (Å²) in [6, 6.07) is 6.73. The summed E-state index contributed by atoms with van der Waals surface area (Å²) in [5.74, 6) is -2.61. The second kappa shape index (κ2) is 7.78. The zero-order valence-corrected chi connectivity index (χ0v) is 10.7. The lowest BCUT2D eigenvalue weighted by molar-refractivity contribution is -0.150. The lowest BCUT2D eigenvalue weighted by Gasteiger charge is -2.07. The van der Waals surface area contributed by atoms with Crippen molar-refractivity contribution < 1.29 is 29.0 Å². The van der Waals surface area contributed by atoms with Crippen molar-refractivity contribution in [2.75, 3.05) is 18.9 Å². The van der Waals surface area contributed by atoms with Gasteiger partial charge < -0.3 is 20.3 Å². The molecule has 0 heterocycles. The van der Waals surface area contributed by atoms with Crippen molar-refractivity contribution in [2.45, 2.75) is 12.8 Å². The second-order valence-corrected chi connectivity index (χ2v) is 3.87. The minimum absolute atomic E-state index is 0.0183. The van der Waals surface area contributed by atoms with E-state index in [-0.39, 0.29) is 26.1 Å². The molecule has 0 radical (unpaired) electrons. The highest BCUT2D eigenvalue weighted by molar-refractivity contribution is 6.32. The van der Waals surface area contributed by atoms with Crippen molar-refractivity contribution in [1.29, 1.82) is 0 Å². The molecule has 1 aromatic rings. The van der Waals surface area contributed by atoms with E-state index in [0.717, 1.165) is 0 Å². The topological polar surface area (TPSA) is 116 Å². The number of esters is 1. The Kier molecular flexibility index (Phi) is 6.02. The summed E-state index contributed by atoms with van der Waals surface area (Å²) >= 11 is 0. The maximum absolute atomic E-state index is 11.2. The van der Waals surface area contributed by atoms with E-state index < -0.39 is 17.7 Å². The van der Waals surface area contributed by atoms with Gasteiger partial charge in [-0.25, -0.2) is 4.79 Å². The van der Waals surface area contributed by atoms with Crippen LogP contribution in [0, 0.1) is 0 Å². The first kappa shape index (κ1) is 15.5. The van der Waals surface area contributed by atoms with E-state index in [9.17, 15) is 14.4 Å².